The topological polar surface area (TPSA) is 49.4 Å². The van der Waals surface area contributed by atoms with E-state index in [0.717, 1.165) is 16.8 Å². The zero-order valence-electron chi connectivity index (χ0n) is 13.9. The molecule has 0 bridgehead atoms. The maximum Gasteiger partial charge on any atom is 0.244 e. The average Bonchev–Trinajstić information content (AvgIpc) is 2.73. The van der Waals surface area contributed by atoms with Crippen molar-refractivity contribution in [1.29, 1.82) is 0 Å². The summed E-state index contributed by atoms with van der Waals surface area (Å²) in [7, 11) is 0. The first kappa shape index (κ1) is 16.5. The van der Waals surface area contributed by atoms with Crippen molar-refractivity contribution in [2.24, 2.45) is 0 Å². The van der Waals surface area contributed by atoms with Crippen LogP contribution < -0.4 is 10.2 Å². The van der Waals surface area contributed by atoms with Gasteiger partial charge in [0.15, 0.2) is 0 Å². The molecule has 1 aliphatic rings. The van der Waals surface area contributed by atoms with Crippen LogP contribution in [0.5, 0.6) is 0 Å². The summed E-state index contributed by atoms with van der Waals surface area (Å²) in [6.45, 7) is 5.64. The summed E-state index contributed by atoms with van der Waals surface area (Å²) in [6, 6.07) is 12.9. The summed E-state index contributed by atoms with van der Waals surface area (Å²) in [5, 5.41) is 3.39. The first-order valence-corrected chi connectivity index (χ1v) is 8.16. The van der Waals surface area contributed by atoms with E-state index in [2.05, 4.69) is 5.32 Å². The molecular weight excluding hydrogens is 324 g/mol. The Morgan fingerprint density at radius 3 is 2.62 bits per heavy atom. The van der Waals surface area contributed by atoms with E-state index in [1.807, 2.05) is 51.1 Å². The lowest BCUT2D eigenvalue weighted by atomic mass is 9.86. The molecule has 1 N–H and O–H groups in total. The highest BCUT2D eigenvalue weighted by Gasteiger charge is 2.44. The summed E-state index contributed by atoms with van der Waals surface area (Å²) in [4.78, 5) is 26.6. The number of hydrogen-bond acceptors (Lipinski definition) is 2. The second-order valence-corrected chi connectivity index (χ2v) is 6.95. The van der Waals surface area contributed by atoms with E-state index in [1.165, 1.54) is 0 Å². The third-order valence-electron chi connectivity index (χ3n) is 4.41. The molecule has 0 unspecified atom stereocenters. The van der Waals surface area contributed by atoms with Gasteiger partial charge in [0.05, 0.1) is 5.41 Å². The largest absolute Gasteiger partial charge is 0.324 e. The molecule has 2 aromatic rings. The van der Waals surface area contributed by atoms with Crippen LogP contribution in [0.3, 0.4) is 0 Å². The number of halogens is 1. The number of anilines is 2. The molecule has 5 heteroatoms. The standard InChI is InChI=1S/C19H19ClN2O2/c1-12-8-9-13(10-15(12)20)21-17(23)11-22-16-7-5-4-6-14(16)19(2,3)18(22)24/h4-10H,11H2,1-3H3,(H,21,23). The minimum absolute atomic E-state index is 0.0230. The van der Waals surface area contributed by atoms with Crippen molar-refractivity contribution in [3.63, 3.8) is 0 Å². The predicted molar refractivity (Wildman–Crippen MR) is 96.6 cm³/mol. The lowest BCUT2D eigenvalue weighted by molar-refractivity contribution is -0.124. The first-order chi connectivity index (χ1) is 11.3. The summed E-state index contributed by atoms with van der Waals surface area (Å²) < 4.78 is 0. The van der Waals surface area contributed by atoms with E-state index >= 15 is 0 Å². The number of amides is 2. The number of carbonyl (C=O) groups excluding carboxylic acids is 2. The zero-order valence-corrected chi connectivity index (χ0v) is 14.6. The Hall–Kier alpha value is -2.33. The molecule has 2 amide bonds. The number of fused-ring (bicyclic) bond motifs is 1. The van der Waals surface area contributed by atoms with Crippen LogP contribution in [0, 0.1) is 6.92 Å². The van der Waals surface area contributed by atoms with Crippen molar-refractivity contribution in [2.75, 3.05) is 16.8 Å². The fourth-order valence-corrected chi connectivity index (χ4v) is 3.15. The Morgan fingerprint density at radius 1 is 1.21 bits per heavy atom. The molecule has 2 aromatic carbocycles. The number of benzene rings is 2. The molecule has 1 heterocycles. The molecule has 4 nitrogen and oxygen atoms in total. The fraction of sp³-hybridized carbons (Fsp3) is 0.263. The van der Waals surface area contributed by atoms with Gasteiger partial charge in [-0.1, -0.05) is 35.9 Å². The lowest BCUT2D eigenvalue weighted by Crippen LogP contribution is -2.40. The third kappa shape index (κ3) is 2.78. The molecule has 0 aliphatic carbocycles. The molecule has 1 aliphatic heterocycles. The minimum atomic E-state index is -0.621. The van der Waals surface area contributed by atoms with Gasteiger partial charge in [0.2, 0.25) is 11.8 Å². The van der Waals surface area contributed by atoms with Crippen molar-refractivity contribution in [2.45, 2.75) is 26.2 Å². The Labute approximate surface area is 146 Å². The molecule has 3 rings (SSSR count). The zero-order chi connectivity index (χ0) is 17.5. The predicted octanol–water partition coefficient (Wildman–Crippen LogP) is 3.91. The molecule has 0 radical (unpaired) electrons. The van der Waals surface area contributed by atoms with E-state index < -0.39 is 5.41 Å². The van der Waals surface area contributed by atoms with Crippen LogP contribution in [-0.4, -0.2) is 18.4 Å². The lowest BCUT2D eigenvalue weighted by Gasteiger charge is -2.20. The van der Waals surface area contributed by atoms with Gasteiger partial charge in [0.25, 0.3) is 0 Å². The first-order valence-electron chi connectivity index (χ1n) is 7.78. The van der Waals surface area contributed by atoms with E-state index in [1.54, 1.807) is 17.0 Å². The van der Waals surface area contributed by atoms with Crippen molar-refractivity contribution in [1.82, 2.24) is 0 Å². The Kier molecular flexibility index (Phi) is 4.10. The number of carbonyl (C=O) groups is 2. The summed E-state index contributed by atoms with van der Waals surface area (Å²) in [5.74, 6) is -0.323. The molecule has 0 aromatic heterocycles. The molecular formula is C19H19ClN2O2. The Balaban J connectivity index is 1.79. The highest BCUT2D eigenvalue weighted by Crippen LogP contribution is 2.41. The fourth-order valence-electron chi connectivity index (χ4n) is 2.97. The maximum absolute atomic E-state index is 12.7. The second kappa shape index (κ2) is 5.95. The maximum atomic E-state index is 12.7. The number of nitrogens with zero attached hydrogens (tertiary/aromatic N) is 1. The van der Waals surface area contributed by atoms with Crippen LogP contribution in [0.4, 0.5) is 11.4 Å². The van der Waals surface area contributed by atoms with Crippen molar-refractivity contribution in [3.8, 4) is 0 Å². The average molecular weight is 343 g/mol. The van der Waals surface area contributed by atoms with Gasteiger partial charge in [-0.2, -0.15) is 0 Å². The number of aryl methyl sites for hydroxylation is 1. The monoisotopic (exact) mass is 342 g/mol. The van der Waals surface area contributed by atoms with Gasteiger partial charge in [0.1, 0.15) is 6.54 Å². The minimum Gasteiger partial charge on any atom is -0.324 e. The van der Waals surface area contributed by atoms with Crippen LogP contribution in [0.2, 0.25) is 5.02 Å². The normalized spacial score (nSPS) is 15.3. The molecule has 124 valence electrons. The van der Waals surface area contributed by atoms with E-state index in [4.69, 9.17) is 11.6 Å². The number of hydrogen-bond donors (Lipinski definition) is 1. The highest BCUT2D eigenvalue weighted by atomic mass is 35.5. The second-order valence-electron chi connectivity index (χ2n) is 6.55. The van der Waals surface area contributed by atoms with Gasteiger partial charge in [-0.15, -0.1) is 0 Å². The van der Waals surface area contributed by atoms with Gasteiger partial charge >= 0.3 is 0 Å². The quantitative estimate of drug-likeness (QED) is 0.919. The summed E-state index contributed by atoms with van der Waals surface area (Å²) in [5.41, 5.74) is 2.69. The van der Waals surface area contributed by atoms with Crippen molar-refractivity contribution < 1.29 is 9.59 Å². The molecule has 0 fully saturated rings. The van der Waals surface area contributed by atoms with Gasteiger partial charge in [-0.3, -0.25) is 9.59 Å². The van der Waals surface area contributed by atoms with Gasteiger partial charge < -0.3 is 10.2 Å². The summed E-state index contributed by atoms with van der Waals surface area (Å²) >= 11 is 6.08. The van der Waals surface area contributed by atoms with Gasteiger partial charge in [-0.25, -0.2) is 0 Å². The Morgan fingerprint density at radius 2 is 1.92 bits per heavy atom. The van der Waals surface area contributed by atoms with Gasteiger partial charge in [0, 0.05) is 16.4 Å². The van der Waals surface area contributed by atoms with Crippen LogP contribution in [0.25, 0.3) is 0 Å². The van der Waals surface area contributed by atoms with Crippen LogP contribution in [0.1, 0.15) is 25.0 Å². The van der Waals surface area contributed by atoms with E-state index in [-0.39, 0.29) is 18.4 Å². The van der Waals surface area contributed by atoms with Crippen LogP contribution in [0.15, 0.2) is 42.5 Å². The number of para-hydroxylation sites is 1. The van der Waals surface area contributed by atoms with E-state index in [0.29, 0.717) is 10.7 Å². The van der Waals surface area contributed by atoms with Crippen molar-refractivity contribution >= 4 is 34.8 Å². The summed E-state index contributed by atoms with van der Waals surface area (Å²) in [6.07, 6.45) is 0. The highest BCUT2D eigenvalue weighted by molar-refractivity contribution is 6.31. The van der Waals surface area contributed by atoms with Crippen LogP contribution in [-0.2, 0) is 15.0 Å². The SMILES string of the molecule is Cc1ccc(NC(=O)CN2C(=O)C(C)(C)c3ccccc32)cc1Cl. The third-order valence-corrected chi connectivity index (χ3v) is 4.81. The van der Waals surface area contributed by atoms with Crippen molar-refractivity contribution in [3.05, 3.63) is 58.6 Å². The molecule has 24 heavy (non-hydrogen) atoms. The molecule has 0 saturated carbocycles. The smallest absolute Gasteiger partial charge is 0.244 e. The molecule has 0 spiro atoms. The molecule has 0 saturated heterocycles. The Bertz CT molecular complexity index is 830. The van der Waals surface area contributed by atoms with E-state index in [9.17, 15) is 9.59 Å². The van der Waals surface area contributed by atoms with Crippen LogP contribution >= 0.6 is 11.6 Å². The number of rotatable bonds is 3. The van der Waals surface area contributed by atoms with Gasteiger partial charge in [-0.05, 0) is 50.1 Å². The number of nitrogens with one attached hydrogen (secondary N) is 1. The molecule has 0 atom stereocenters.